The fraction of sp³-hybridized carbons (Fsp3) is 0.500. The van der Waals surface area contributed by atoms with E-state index in [0.29, 0.717) is 6.54 Å². The lowest BCUT2D eigenvalue weighted by Crippen LogP contribution is -2.29. The van der Waals surface area contributed by atoms with Crippen LogP contribution in [0.1, 0.15) is 55.3 Å². The topological polar surface area (TPSA) is 23.5 Å². The Bertz CT molecular complexity index is 449. The van der Waals surface area contributed by atoms with Gasteiger partial charge in [0.1, 0.15) is 0 Å². The number of hydrogen-bond acceptors (Lipinski definition) is 2. The molecule has 1 saturated carbocycles. The summed E-state index contributed by atoms with van der Waals surface area (Å²) >= 11 is 0. The SMILES string of the molecule is C=CCN(CC=C)CC(O)c1ccc(C2CCCCC2)cc1. The maximum atomic E-state index is 10.4. The lowest BCUT2D eigenvalue weighted by Gasteiger charge is -2.24. The van der Waals surface area contributed by atoms with Crippen molar-refractivity contribution in [1.29, 1.82) is 0 Å². The quantitative estimate of drug-likeness (QED) is 0.717. The van der Waals surface area contributed by atoms with Gasteiger partial charge in [-0.25, -0.2) is 0 Å². The summed E-state index contributed by atoms with van der Waals surface area (Å²) in [4.78, 5) is 2.14. The van der Waals surface area contributed by atoms with Gasteiger partial charge in [0.2, 0.25) is 0 Å². The highest BCUT2D eigenvalue weighted by atomic mass is 16.3. The Labute approximate surface area is 135 Å². The Hall–Kier alpha value is -1.38. The summed E-state index contributed by atoms with van der Waals surface area (Å²) in [5.41, 5.74) is 2.43. The second-order valence-corrected chi connectivity index (χ2v) is 6.31. The van der Waals surface area contributed by atoms with Crippen molar-refractivity contribution in [2.45, 2.75) is 44.1 Å². The van der Waals surface area contributed by atoms with Crippen LogP contribution in [-0.4, -0.2) is 29.6 Å². The van der Waals surface area contributed by atoms with Crippen LogP contribution >= 0.6 is 0 Å². The van der Waals surface area contributed by atoms with Crippen molar-refractivity contribution >= 4 is 0 Å². The molecule has 1 fully saturated rings. The van der Waals surface area contributed by atoms with Gasteiger partial charge in [0.25, 0.3) is 0 Å². The highest BCUT2D eigenvalue weighted by Crippen LogP contribution is 2.33. The van der Waals surface area contributed by atoms with Crippen LogP contribution in [-0.2, 0) is 0 Å². The lowest BCUT2D eigenvalue weighted by molar-refractivity contribution is 0.125. The molecule has 2 heteroatoms. The molecular formula is C20H29NO. The Kier molecular flexibility index (Phi) is 6.88. The van der Waals surface area contributed by atoms with E-state index in [1.807, 2.05) is 12.2 Å². The zero-order valence-electron chi connectivity index (χ0n) is 13.6. The Morgan fingerprint density at radius 2 is 1.64 bits per heavy atom. The van der Waals surface area contributed by atoms with E-state index < -0.39 is 6.10 Å². The first kappa shape index (κ1) is 17.0. The molecule has 0 amide bonds. The molecule has 2 rings (SSSR count). The molecule has 0 bridgehead atoms. The molecule has 0 heterocycles. The van der Waals surface area contributed by atoms with E-state index in [-0.39, 0.29) is 0 Å². The van der Waals surface area contributed by atoms with E-state index in [1.165, 1.54) is 37.7 Å². The van der Waals surface area contributed by atoms with Crippen molar-refractivity contribution in [3.63, 3.8) is 0 Å². The summed E-state index contributed by atoms with van der Waals surface area (Å²) in [7, 11) is 0. The van der Waals surface area contributed by atoms with Crippen molar-refractivity contribution in [3.8, 4) is 0 Å². The van der Waals surface area contributed by atoms with E-state index in [1.54, 1.807) is 0 Å². The molecule has 2 nitrogen and oxygen atoms in total. The van der Waals surface area contributed by atoms with E-state index in [0.717, 1.165) is 24.6 Å². The minimum Gasteiger partial charge on any atom is -0.387 e. The maximum Gasteiger partial charge on any atom is 0.0917 e. The standard InChI is InChI=1S/C20H29NO/c1-3-14-21(15-4-2)16-20(22)19-12-10-18(11-13-19)17-8-6-5-7-9-17/h3-4,10-13,17,20,22H,1-2,5-9,14-16H2. The third-order valence-corrected chi connectivity index (χ3v) is 4.60. The molecule has 1 atom stereocenters. The van der Waals surface area contributed by atoms with Gasteiger partial charge in [0.15, 0.2) is 0 Å². The molecule has 0 saturated heterocycles. The predicted octanol–water partition coefficient (Wildman–Crippen LogP) is 4.44. The second kappa shape index (κ2) is 8.92. The molecule has 1 aliphatic rings. The third kappa shape index (κ3) is 4.82. The molecule has 1 aromatic carbocycles. The molecule has 0 radical (unpaired) electrons. The van der Waals surface area contributed by atoms with E-state index in [2.05, 4.69) is 42.3 Å². The third-order valence-electron chi connectivity index (χ3n) is 4.60. The zero-order valence-corrected chi connectivity index (χ0v) is 13.6. The van der Waals surface area contributed by atoms with Crippen LogP contribution < -0.4 is 0 Å². The van der Waals surface area contributed by atoms with Gasteiger partial charge in [0, 0.05) is 19.6 Å². The number of benzene rings is 1. The summed E-state index contributed by atoms with van der Waals surface area (Å²) in [6, 6.07) is 8.60. The average Bonchev–Trinajstić information content (AvgIpc) is 2.56. The maximum absolute atomic E-state index is 10.4. The minimum absolute atomic E-state index is 0.458. The summed E-state index contributed by atoms with van der Waals surface area (Å²) < 4.78 is 0. The van der Waals surface area contributed by atoms with Gasteiger partial charge in [-0.3, -0.25) is 4.90 Å². The van der Waals surface area contributed by atoms with E-state index >= 15 is 0 Å². The first-order valence-electron chi connectivity index (χ1n) is 8.46. The van der Waals surface area contributed by atoms with Gasteiger partial charge < -0.3 is 5.11 Å². The highest BCUT2D eigenvalue weighted by Gasteiger charge is 2.16. The van der Waals surface area contributed by atoms with Gasteiger partial charge in [-0.1, -0.05) is 55.7 Å². The van der Waals surface area contributed by atoms with Crippen LogP contribution in [0.15, 0.2) is 49.6 Å². The first-order valence-corrected chi connectivity index (χ1v) is 8.46. The van der Waals surface area contributed by atoms with Crippen LogP contribution in [0.25, 0.3) is 0 Å². The van der Waals surface area contributed by atoms with Crippen molar-refractivity contribution in [3.05, 3.63) is 60.7 Å². The summed E-state index contributed by atoms with van der Waals surface area (Å²) in [6.07, 6.45) is 9.99. The molecule has 22 heavy (non-hydrogen) atoms. The van der Waals surface area contributed by atoms with Crippen LogP contribution in [0.4, 0.5) is 0 Å². The molecule has 120 valence electrons. The van der Waals surface area contributed by atoms with Crippen LogP contribution in [0.3, 0.4) is 0 Å². The van der Waals surface area contributed by atoms with Crippen molar-refractivity contribution in [2.24, 2.45) is 0 Å². The van der Waals surface area contributed by atoms with Crippen LogP contribution in [0.5, 0.6) is 0 Å². The first-order chi connectivity index (χ1) is 10.7. The predicted molar refractivity (Wildman–Crippen MR) is 94.1 cm³/mol. The second-order valence-electron chi connectivity index (χ2n) is 6.31. The molecule has 0 aliphatic heterocycles. The van der Waals surface area contributed by atoms with Crippen LogP contribution in [0.2, 0.25) is 0 Å². The normalized spacial score (nSPS) is 17.4. The van der Waals surface area contributed by atoms with E-state index in [9.17, 15) is 5.11 Å². The minimum atomic E-state index is -0.458. The zero-order chi connectivity index (χ0) is 15.8. The number of hydrogen-bond donors (Lipinski definition) is 1. The van der Waals surface area contributed by atoms with Gasteiger partial charge >= 0.3 is 0 Å². The largest absolute Gasteiger partial charge is 0.387 e. The number of aliphatic hydroxyl groups excluding tert-OH is 1. The Balaban J connectivity index is 1.96. The molecular weight excluding hydrogens is 270 g/mol. The van der Waals surface area contributed by atoms with Gasteiger partial charge in [-0.05, 0) is 29.9 Å². The van der Waals surface area contributed by atoms with Gasteiger partial charge in [0.05, 0.1) is 6.10 Å². The van der Waals surface area contributed by atoms with Crippen LogP contribution in [0, 0.1) is 0 Å². The fourth-order valence-electron chi connectivity index (χ4n) is 3.36. The summed E-state index contributed by atoms with van der Waals surface area (Å²) in [5.74, 6) is 0.720. The van der Waals surface area contributed by atoms with Crippen molar-refractivity contribution in [2.75, 3.05) is 19.6 Å². The number of nitrogens with zero attached hydrogens (tertiary/aromatic N) is 1. The highest BCUT2D eigenvalue weighted by molar-refractivity contribution is 5.27. The average molecular weight is 299 g/mol. The smallest absolute Gasteiger partial charge is 0.0917 e. The molecule has 1 aromatic rings. The van der Waals surface area contributed by atoms with Crippen molar-refractivity contribution in [1.82, 2.24) is 4.90 Å². The lowest BCUT2D eigenvalue weighted by atomic mass is 9.84. The Morgan fingerprint density at radius 1 is 1.05 bits per heavy atom. The van der Waals surface area contributed by atoms with E-state index in [4.69, 9.17) is 0 Å². The summed E-state index contributed by atoms with van der Waals surface area (Å²) in [6.45, 7) is 9.68. The fourth-order valence-corrected chi connectivity index (χ4v) is 3.36. The van der Waals surface area contributed by atoms with Gasteiger partial charge in [-0.2, -0.15) is 0 Å². The monoisotopic (exact) mass is 299 g/mol. The molecule has 1 N–H and O–H groups in total. The molecule has 0 aromatic heterocycles. The number of rotatable bonds is 8. The molecule has 1 unspecified atom stereocenters. The molecule has 0 spiro atoms. The Morgan fingerprint density at radius 3 is 2.18 bits per heavy atom. The number of aliphatic hydroxyl groups is 1. The summed E-state index contributed by atoms with van der Waals surface area (Å²) in [5, 5.41) is 10.4. The molecule has 1 aliphatic carbocycles. The van der Waals surface area contributed by atoms with Gasteiger partial charge in [-0.15, -0.1) is 13.2 Å². The van der Waals surface area contributed by atoms with Crippen molar-refractivity contribution < 1.29 is 5.11 Å².